The topological polar surface area (TPSA) is 48.1 Å². The second-order valence-electron chi connectivity index (χ2n) is 4.54. The van der Waals surface area contributed by atoms with E-state index >= 15 is 0 Å². The molecule has 3 heteroatoms. The third-order valence-electron chi connectivity index (χ3n) is 2.98. The van der Waals surface area contributed by atoms with Crippen LogP contribution in [-0.2, 0) is 13.0 Å². The SMILES string of the molecule is CCCCc1ccc(Oc2ccc(CN)nc2)cc1. The van der Waals surface area contributed by atoms with E-state index in [0.717, 1.165) is 23.6 Å². The number of aromatic nitrogens is 1. The number of hydrogen-bond acceptors (Lipinski definition) is 3. The minimum absolute atomic E-state index is 0.451. The van der Waals surface area contributed by atoms with Crippen molar-refractivity contribution < 1.29 is 4.74 Å². The summed E-state index contributed by atoms with van der Waals surface area (Å²) in [6.07, 6.45) is 5.28. The summed E-state index contributed by atoms with van der Waals surface area (Å²) in [6, 6.07) is 12.0. The molecule has 2 rings (SSSR count). The number of pyridine rings is 1. The standard InChI is InChI=1S/C16H20N2O/c1-2-3-4-13-5-8-15(9-6-13)19-16-10-7-14(11-17)18-12-16/h5-10,12H,2-4,11,17H2,1H3. The third kappa shape index (κ3) is 4.07. The molecule has 2 aromatic rings. The molecule has 0 aliphatic rings. The summed E-state index contributed by atoms with van der Waals surface area (Å²) in [4.78, 5) is 4.20. The van der Waals surface area contributed by atoms with Crippen molar-refractivity contribution >= 4 is 0 Å². The number of hydrogen-bond donors (Lipinski definition) is 1. The van der Waals surface area contributed by atoms with E-state index < -0.39 is 0 Å². The van der Waals surface area contributed by atoms with Gasteiger partial charge < -0.3 is 10.5 Å². The minimum Gasteiger partial charge on any atom is -0.456 e. The molecule has 0 fully saturated rings. The highest BCUT2D eigenvalue weighted by atomic mass is 16.5. The number of rotatable bonds is 6. The van der Waals surface area contributed by atoms with Gasteiger partial charge in [0.05, 0.1) is 11.9 Å². The predicted octanol–water partition coefficient (Wildman–Crippen LogP) is 3.68. The molecule has 0 spiro atoms. The van der Waals surface area contributed by atoms with Crippen LogP contribution in [0.5, 0.6) is 11.5 Å². The van der Waals surface area contributed by atoms with Gasteiger partial charge in [-0.05, 0) is 42.7 Å². The quantitative estimate of drug-likeness (QED) is 0.857. The van der Waals surface area contributed by atoms with E-state index in [1.54, 1.807) is 6.20 Å². The van der Waals surface area contributed by atoms with Crippen LogP contribution in [0.15, 0.2) is 42.6 Å². The summed E-state index contributed by atoms with van der Waals surface area (Å²) >= 11 is 0. The van der Waals surface area contributed by atoms with Crippen LogP contribution in [0.3, 0.4) is 0 Å². The Morgan fingerprint density at radius 1 is 1.05 bits per heavy atom. The molecule has 0 radical (unpaired) electrons. The maximum atomic E-state index is 5.73. The average Bonchev–Trinajstić information content (AvgIpc) is 2.47. The van der Waals surface area contributed by atoms with Gasteiger partial charge >= 0.3 is 0 Å². The molecule has 19 heavy (non-hydrogen) atoms. The Morgan fingerprint density at radius 2 is 1.79 bits per heavy atom. The number of aryl methyl sites for hydroxylation is 1. The highest BCUT2D eigenvalue weighted by Gasteiger charge is 1.99. The van der Waals surface area contributed by atoms with Crippen molar-refractivity contribution in [2.75, 3.05) is 0 Å². The first-order valence-electron chi connectivity index (χ1n) is 6.73. The van der Waals surface area contributed by atoms with Gasteiger partial charge in [0.1, 0.15) is 11.5 Å². The van der Waals surface area contributed by atoms with Crippen LogP contribution in [-0.4, -0.2) is 4.98 Å². The maximum Gasteiger partial charge on any atom is 0.145 e. The van der Waals surface area contributed by atoms with Crippen LogP contribution in [0.1, 0.15) is 31.0 Å². The molecule has 0 bridgehead atoms. The van der Waals surface area contributed by atoms with Crippen LogP contribution in [0.25, 0.3) is 0 Å². The molecule has 0 aliphatic heterocycles. The smallest absolute Gasteiger partial charge is 0.145 e. The van der Waals surface area contributed by atoms with Crippen molar-refractivity contribution in [3.63, 3.8) is 0 Å². The molecule has 3 nitrogen and oxygen atoms in total. The van der Waals surface area contributed by atoms with Gasteiger partial charge in [-0.2, -0.15) is 0 Å². The van der Waals surface area contributed by atoms with Gasteiger partial charge in [-0.15, -0.1) is 0 Å². The van der Waals surface area contributed by atoms with Gasteiger partial charge in [-0.25, -0.2) is 0 Å². The number of nitrogens with two attached hydrogens (primary N) is 1. The summed E-state index contributed by atoms with van der Waals surface area (Å²) in [5, 5.41) is 0. The van der Waals surface area contributed by atoms with Gasteiger partial charge in [0, 0.05) is 6.54 Å². The van der Waals surface area contributed by atoms with Crippen LogP contribution in [0.4, 0.5) is 0 Å². The number of unbranched alkanes of at least 4 members (excludes halogenated alkanes) is 1. The Bertz CT molecular complexity index is 491. The molecule has 1 heterocycles. The molecule has 0 aliphatic carbocycles. The van der Waals surface area contributed by atoms with Crippen molar-refractivity contribution in [3.05, 3.63) is 53.9 Å². The first-order chi connectivity index (χ1) is 9.31. The van der Waals surface area contributed by atoms with Crippen molar-refractivity contribution in [1.82, 2.24) is 4.98 Å². The van der Waals surface area contributed by atoms with Crippen LogP contribution < -0.4 is 10.5 Å². The van der Waals surface area contributed by atoms with Crippen molar-refractivity contribution in [3.8, 4) is 11.5 Å². The van der Waals surface area contributed by atoms with Crippen LogP contribution >= 0.6 is 0 Å². The van der Waals surface area contributed by atoms with Crippen LogP contribution in [0, 0.1) is 0 Å². The zero-order chi connectivity index (χ0) is 13.5. The average molecular weight is 256 g/mol. The largest absolute Gasteiger partial charge is 0.456 e. The molecule has 0 saturated heterocycles. The molecule has 0 atom stereocenters. The fraction of sp³-hybridized carbons (Fsp3) is 0.312. The molecule has 2 N–H and O–H groups in total. The van der Waals surface area contributed by atoms with E-state index in [2.05, 4.69) is 24.0 Å². The molecule has 0 saturated carbocycles. The number of ether oxygens (including phenoxy) is 1. The number of nitrogens with zero attached hydrogens (tertiary/aromatic N) is 1. The van der Waals surface area contributed by atoms with E-state index in [0.29, 0.717) is 6.54 Å². The maximum absolute atomic E-state index is 5.73. The molecular weight excluding hydrogens is 236 g/mol. The number of benzene rings is 1. The second-order valence-corrected chi connectivity index (χ2v) is 4.54. The second kappa shape index (κ2) is 6.90. The van der Waals surface area contributed by atoms with E-state index in [4.69, 9.17) is 10.5 Å². The Balaban J connectivity index is 1.98. The lowest BCUT2D eigenvalue weighted by Crippen LogP contribution is -1.98. The van der Waals surface area contributed by atoms with Gasteiger partial charge in [0.25, 0.3) is 0 Å². The molecule has 1 aromatic heterocycles. The Hall–Kier alpha value is -1.87. The van der Waals surface area contributed by atoms with Gasteiger partial charge in [0.2, 0.25) is 0 Å². The van der Waals surface area contributed by atoms with Crippen molar-refractivity contribution in [2.45, 2.75) is 32.7 Å². The zero-order valence-corrected chi connectivity index (χ0v) is 11.3. The lowest BCUT2D eigenvalue weighted by atomic mass is 10.1. The summed E-state index contributed by atoms with van der Waals surface area (Å²) in [7, 11) is 0. The molecule has 0 amide bonds. The molecule has 100 valence electrons. The first kappa shape index (κ1) is 13.6. The summed E-state index contributed by atoms with van der Waals surface area (Å²) in [6.45, 7) is 2.65. The van der Waals surface area contributed by atoms with Gasteiger partial charge in [-0.3, -0.25) is 4.98 Å². The third-order valence-corrected chi connectivity index (χ3v) is 2.98. The molecule has 1 aromatic carbocycles. The Labute approximate surface area is 114 Å². The first-order valence-corrected chi connectivity index (χ1v) is 6.73. The van der Waals surface area contributed by atoms with Gasteiger partial charge in [-0.1, -0.05) is 25.5 Å². The highest BCUT2D eigenvalue weighted by molar-refractivity contribution is 5.32. The zero-order valence-electron chi connectivity index (χ0n) is 11.3. The monoisotopic (exact) mass is 256 g/mol. The summed E-state index contributed by atoms with van der Waals surface area (Å²) < 4.78 is 5.73. The molecule has 0 unspecified atom stereocenters. The van der Waals surface area contributed by atoms with Crippen molar-refractivity contribution in [2.24, 2.45) is 5.73 Å². The Morgan fingerprint density at radius 3 is 2.37 bits per heavy atom. The Kier molecular flexibility index (Phi) is 4.93. The fourth-order valence-electron chi connectivity index (χ4n) is 1.83. The van der Waals surface area contributed by atoms with Crippen molar-refractivity contribution in [1.29, 1.82) is 0 Å². The van der Waals surface area contributed by atoms with E-state index in [1.807, 2.05) is 24.3 Å². The van der Waals surface area contributed by atoms with E-state index in [1.165, 1.54) is 18.4 Å². The lowest BCUT2D eigenvalue weighted by molar-refractivity contribution is 0.479. The highest BCUT2D eigenvalue weighted by Crippen LogP contribution is 2.21. The lowest BCUT2D eigenvalue weighted by Gasteiger charge is -2.07. The summed E-state index contributed by atoms with van der Waals surface area (Å²) in [5.74, 6) is 1.57. The minimum atomic E-state index is 0.451. The summed E-state index contributed by atoms with van der Waals surface area (Å²) in [5.41, 5.74) is 7.72. The van der Waals surface area contributed by atoms with Gasteiger partial charge in [0.15, 0.2) is 0 Å². The van der Waals surface area contributed by atoms with E-state index in [-0.39, 0.29) is 0 Å². The van der Waals surface area contributed by atoms with Crippen LogP contribution in [0.2, 0.25) is 0 Å². The molecular formula is C16H20N2O. The fourth-order valence-corrected chi connectivity index (χ4v) is 1.83. The predicted molar refractivity (Wildman–Crippen MR) is 77.3 cm³/mol. The normalized spacial score (nSPS) is 10.4. The van der Waals surface area contributed by atoms with E-state index in [9.17, 15) is 0 Å².